The second kappa shape index (κ2) is 7.14. The van der Waals surface area contributed by atoms with Crippen LogP contribution in [-0.4, -0.2) is 10.8 Å². The van der Waals surface area contributed by atoms with E-state index in [9.17, 15) is 4.79 Å². The average molecular weight is 307 g/mol. The molecule has 3 heteroatoms. The standard InChI is InChI=1S/C20H21NO2/c1-2-3-11-18(22)17-13-21-20-16(17)10-7-12-19(20)23-14-15-8-5-4-6-9-15/h4-10,12-13,21H,2-3,11,14H2,1H3. The lowest BCUT2D eigenvalue weighted by Crippen LogP contribution is -1.98. The Kier molecular flexibility index (Phi) is 4.77. The molecule has 0 fully saturated rings. The fourth-order valence-electron chi connectivity index (χ4n) is 2.68. The van der Waals surface area contributed by atoms with Crippen LogP contribution >= 0.6 is 0 Å². The third kappa shape index (κ3) is 3.45. The monoisotopic (exact) mass is 307 g/mol. The number of benzene rings is 2. The van der Waals surface area contributed by atoms with Gasteiger partial charge in [-0.2, -0.15) is 0 Å². The number of ether oxygens (including phenoxy) is 1. The molecule has 2 aromatic carbocycles. The molecule has 0 radical (unpaired) electrons. The number of hydrogen-bond acceptors (Lipinski definition) is 2. The van der Waals surface area contributed by atoms with E-state index in [0.29, 0.717) is 13.0 Å². The van der Waals surface area contributed by atoms with Crippen molar-refractivity contribution in [3.63, 3.8) is 0 Å². The molecule has 0 bridgehead atoms. The first-order valence-corrected chi connectivity index (χ1v) is 8.09. The van der Waals surface area contributed by atoms with E-state index in [4.69, 9.17) is 4.74 Å². The van der Waals surface area contributed by atoms with Gasteiger partial charge in [0.15, 0.2) is 5.78 Å². The highest BCUT2D eigenvalue weighted by atomic mass is 16.5. The molecule has 1 N–H and O–H groups in total. The Morgan fingerprint density at radius 1 is 1.09 bits per heavy atom. The molecule has 3 rings (SSSR count). The van der Waals surface area contributed by atoms with Gasteiger partial charge in [-0.05, 0) is 18.1 Å². The van der Waals surface area contributed by atoms with Crippen LogP contribution in [0.25, 0.3) is 10.9 Å². The van der Waals surface area contributed by atoms with Crippen molar-refractivity contribution in [1.82, 2.24) is 4.98 Å². The van der Waals surface area contributed by atoms with Gasteiger partial charge in [0, 0.05) is 23.6 Å². The largest absolute Gasteiger partial charge is 0.487 e. The highest BCUT2D eigenvalue weighted by Crippen LogP contribution is 2.28. The van der Waals surface area contributed by atoms with Crippen molar-refractivity contribution in [2.24, 2.45) is 0 Å². The van der Waals surface area contributed by atoms with Crippen molar-refractivity contribution in [3.05, 3.63) is 65.9 Å². The predicted molar refractivity (Wildman–Crippen MR) is 92.9 cm³/mol. The van der Waals surface area contributed by atoms with E-state index in [-0.39, 0.29) is 5.78 Å². The summed E-state index contributed by atoms with van der Waals surface area (Å²) in [6, 6.07) is 15.9. The summed E-state index contributed by atoms with van der Waals surface area (Å²) in [5.41, 5.74) is 2.78. The van der Waals surface area contributed by atoms with E-state index in [1.165, 1.54) is 0 Å². The molecule has 0 unspecified atom stereocenters. The number of carbonyl (C=O) groups is 1. The lowest BCUT2D eigenvalue weighted by Gasteiger charge is -2.07. The third-order valence-electron chi connectivity index (χ3n) is 3.97. The van der Waals surface area contributed by atoms with Gasteiger partial charge in [0.25, 0.3) is 0 Å². The normalized spacial score (nSPS) is 10.8. The Balaban J connectivity index is 1.82. The molecule has 0 atom stereocenters. The van der Waals surface area contributed by atoms with E-state index < -0.39 is 0 Å². The third-order valence-corrected chi connectivity index (χ3v) is 3.97. The Bertz CT molecular complexity index is 790. The van der Waals surface area contributed by atoms with Gasteiger partial charge in [0.2, 0.25) is 0 Å². The molecular formula is C20H21NO2. The van der Waals surface area contributed by atoms with Gasteiger partial charge in [0.1, 0.15) is 12.4 Å². The molecule has 1 aromatic heterocycles. The summed E-state index contributed by atoms with van der Waals surface area (Å²) in [4.78, 5) is 15.5. The number of ketones is 1. The van der Waals surface area contributed by atoms with Crippen LogP contribution in [0.5, 0.6) is 5.75 Å². The maximum Gasteiger partial charge on any atom is 0.165 e. The Labute approximate surface area is 136 Å². The number of nitrogens with one attached hydrogen (secondary N) is 1. The van der Waals surface area contributed by atoms with Crippen LogP contribution in [0.2, 0.25) is 0 Å². The van der Waals surface area contributed by atoms with E-state index in [2.05, 4.69) is 11.9 Å². The lowest BCUT2D eigenvalue weighted by atomic mass is 10.0. The SMILES string of the molecule is CCCCC(=O)c1c[nH]c2c(OCc3ccccc3)cccc12. The highest BCUT2D eigenvalue weighted by Gasteiger charge is 2.14. The summed E-state index contributed by atoms with van der Waals surface area (Å²) in [7, 11) is 0. The molecule has 0 amide bonds. The van der Waals surface area contributed by atoms with Crippen molar-refractivity contribution >= 4 is 16.7 Å². The van der Waals surface area contributed by atoms with Crippen LogP contribution in [0.15, 0.2) is 54.7 Å². The summed E-state index contributed by atoms with van der Waals surface area (Å²) in [5, 5.41) is 0.941. The average Bonchev–Trinajstić information content (AvgIpc) is 3.03. The molecular weight excluding hydrogens is 286 g/mol. The van der Waals surface area contributed by atoms with Crippen LogP contribution in [0.1, 0.15) is 42.1 Å². The molecule has 3 aromatic rings. The number of unbranched alkanes of at least 4 members (excludes halogenated alkanes) is 1. The smallest absolute Gasteiger partial charge is 0.165 e. The zero-order valence-electron chi connectivity index (χ0n) is 13.3. The maximum atomic E-state index is 12.3. The molecule has 0 spiro atoms. The molecule has 0 saturated heterocycles. The quantitative estimate of drug-likeness (QED) is 0.616. The second-order valence-corrected chi connectivity index (χ2v) is 5.68. The fourth-order valence-corrected chi connectivity index (χ4v) is 2.68. The van der Waals surface area contributed by atoms with Crippen molar-refractivity contribution in [3.8, 4) is 5.75 Å². The summed E-state index contributed by atoms with van der Waals surface area (Å²) in [5.74, 6) is 0.971. The van der Waals surface area contributed by atoms with E-state index in [0.717, 1.165) is 40.6 Å². The van der Waals surface area contributed by atoms with Crippen LogP contribution < -0.4 is 4.74 Å². The Hall–Kier alpha value is -2.55. The number of carbonyl (C=O) groups excluding carboxylic acids is 1. The zero-order valence-corrected chi connectivity index (χ0v) is 13.3. The number of para-hydroxylation sites is 1. The summed E-state index contributed by atoms with van der Waals surface area (Å²) in [6.45, 7) is 2.61. The number of Topliss-reactive ketones (excluding diaryl/α,β-unsaturated/α-hetero) is 1. The van der Waals surface area contributed by atoms with Crippen molar-refractivity contribution in [2.75, 3.05) is 0 Å². The van der Waals surface area contributed by atoms with Gasteiger partial charge in [0.05, 0.1) is 5.52 Å². The minimum absolute atomic E-state index is 0.193. The summed E-state index contributed by atoms with van der Waals surface area (Å²) < 4.78 is 5.94. The van der Waals surface area contributed by atoms with Gasteiger partial charge in [-0.1, -0.05) is 55.8 Å². The summed E-state index contributed by atoms with van der Waals surface area (Å²) >= 11 is 0. The minimum atomic E-state index is 0.193. The number of aromatic amines is 1. The molecule has 0 saturated carbocycles. The molecule has 0 aliphatic rings. The molecule has 0 aliphatic carbocycles. The van der Waals surface area contributed by atoms with Gasteiger partial charge in [-0.3, -0.25) is 4.79 Å². The number of rotatable bonds is 7. The fraction of sp³-hybridized carbons (Fsp3) is 0.250. The first kappa shape index (κ1) is 15.3. The van der Waals surface area contributed by atoms with Gasteiger partial charge < -0.3 is 9.72 Å². The predicted octanol–water partition coefficient (Wildman–Crippen LogP) is 5.12. The maximum absolute atomic E-state index is 12.3. The first-order chi connectivity index (χ1) is 11.3. The number of H-pyrrole nitrogens is 1. The molecule has 23 heavy (non-hydrogen) atoms. The van der Waals surface area contributed by atoms with Crippen molar-refractivity contribution < 1.29 is 9.53 Å². The van der Waals surface area contributed by atoms with Gasteiger partial charge in [-0.25, -0.2) is 0 Å². The number of hydrogen-bond donors (Lipinski definition) is 1. The van der Waals surface area contributed by atoms with Crippen LogP contribution in [-0.2, 0) is 6.61 Å². The highest BCUT2D eigenvalue weighted by molar-refractivity contribution is 6.08. The summed E-state index contributed by atoms with van der Waals surface area (Å²) in [6.07, 6.45) is 4.35. The van der Waals surface area contributed by atoms with E-state index in [1.807, 2.05) is 48.5 Å². The van der Waals surface area contributed by atoms with Crippen molar-refractivity contribution in [1.29, 1.82) is 0 Å². The van der Waals surface area contributed by atoms with Crippen LogP contribution in [0.3, 0.4) is 0 Å². The van der Waals surface area contributed by atoms with Gasteiger partial charge in [-0.15, -0.1) is 0 Å². The Morgan fingerprint density at radius 2 is 1.91 bits per heavy atom. The van der Waals surface area contributed by atoms with Crippen molar-refractivity contribution in [2.45, 2.75) is 32.8 Å². The lowest BCUT2D eigenvalue weighted by molar-refractivity contribution is 0.0981. The zero-order chi connectivity index (χ0) is 16.1. The number of aromatic nitrogens is 1. The van der Waals surface area contributed by atoms with Crippen LogP contribution in [0, 0.1) is 0 Å². The first-order valence-electron chi connectivity index (χ1n) is 8.09. The van der Waals surface area contributed by atoms with Gasteiger partial charge >= 0.3 is 0 Å². The minimum Gasteiger partial charge on any atom is -0.487 e. The molecule has 0 aliphatic heterocycles. The van der Waals surface area contributed by atoms with E-state index in [1.54, 1.807) is 6.20 Å². The molecule has 118 valence electrons. The van der Waals surface area contributed by atoms with E-state index >= 15 is 0 Å². The topological polar surface area (TPSA) is 42.1 Å². The Morgan fingerprint density at radius 3 is 2.70 bits per heavy atom. The molecule has 1 heterocycles. The molecule has 3 nitrogen and oxygen atoms in total. The second-order valence-electron chi connectivity index (χ2n) is 5.68. The number of fused-ring (bicyclic) bond motifs is 1. The van der Waals surface area contributed by atoms with Crippen LogP contribution in [0.4, 0.5) is 0 Å².